The number of aromatic nitrogens is 2. The van der Waals surface area contributed by atoms with E-state index in [1.165, 1.54) is 6.33 Å². The standard InChI is InChI=1S/C12H13N3O3S/c1-19(17,18)6-5-14-12(16)10-4-2-3-9-7-13-8-15-11(9)10/h2-4,7-8H,5-6H2,1H3,(H,14,16). The molecule has 1 amide bonds. The van der Waals surface area contributed by atoms with Crippen LogP contribution < -0.4 is 5.32 Å². The maximum Gasteiger partial charge on any atom is 0.253 e. The Kier molecular flexibility index (Phi) is 3.75. The van der Waals surface area contributed by atoms with Crippen LogP contribution in [0.25, 0.3) is 10.9 Å². The number of benzene rings is 1. The lowest BCUT2D eigenvalue weighted by molar-refractivity contribution is 0.0957. The van der Waals surface area contributed by atoms with Gasteiger partial charge in [0.25, 0.3) is 5.91 Å². The van der Waals surface area contributed by atoms with Gasteiger partial charge in [-0.15, -0.1) is 0 Å². The molecule has 0 fully saturated rings. The average Bonchev–Trinajstić information content (AvgIpc) is 2.36. The van der Waals surface area contributed by atoms with Gasteiger partial charge >= 0.3 is 0 Å². The van der Waals surface area contributed by atoms with E-state index in [2.05, 4.69) is 15.3 Å². The Morgan fingerprint density at radius 2 is 2.16 bits per heavy atom. The molecule has 0 aliphatic rings. The van der Waals surface area contributed by atoms with E-state index in [0.717, 1.165) is 11.6 Å². The first-order valence-corrected chi connectivity index (χ1v) is 7.68. The third kappa shape index (κ3) is 3.47. The molecule has 0 aliphatic heterocycles. The molecule has 19 heavy (non-hydrogen) atoms. The Labute approximate surface area is 110 Å². The second-order valence-electron chi connectivity index (χ2n) is 4.15. The lowest BCUT2D eigenvalue weighted by atomic mass is 10.1. The van der Waals surface area contributed by atoms with E-state index in [1.54, 1.807) is 18.3 Å². The summed E-state index contributed by atoms with van der Waals surface area (Å²) in [7, 11) is -3.08. The number of sulfone groups is 1. The van der Waals surface area contributed by atoms with E-state index in [9.17, 15) is 13.2 Å². The predicted octanol–water partition coefficient (Wildman–Crippen LogP) is 0.404. The minimum absolute atomic E-state index is 0.0825. The summed E-state index contributed by atoms with van der Waals surface area (Å²) in [5.41, 5.74) is 0.961. The average molecular weight is 279 g/mol. The minimum Gasteiger partial charge on any atom is -0.351 e. The zero-order valence-corrected chi connectivity index (χ0v) is 11.1. The second kappa shape index (κ2) is 5.31. The van der Waals surface area contributed by atoms with Crippen LogP contribution in [-0.2, 0) is 9.84 Å². The van der Waals surface area contributed by atoms with Gasteiger partial charge in [-0.1, -0.05) is 12.1 Å². The van der Waals surface area contributed by atoms with E-state index in [4.69, 9.17) is 0 Å². The minimum atomic E-state index is -3.08. The molecule has 6 nitrogen and oxygen atoms in total. The largest absolute Gasteiger partial charge is 0.351 e. The fraction of sp³-hybridized carbons (Fsp3) is 0.250. The molecule has 100 valence electrons. The Bertz CT molecular complexity index is 708. The molecular formula is C12H13N3O3S. The summed E-state index contributed by atoms with van der Waals surface area (Å²) < 4.78 is 22.0. The van der Waals surface area contributed by atoms with Gasteiger partial charge in [-0.25, -0.2) is 18.4 Å². The number of hydrogen-bond donors (Lipinski definition) is 1. The molecule has 0 aliphatic carbocycles. The van der Waals surface area contributed by atoms with Gasteiger partial charge in [0.2, 0.25) is 0 Å². The molecule has 0 saturated heterocycles. The predicted molar refractivity (Wildman–Crippen MR) is 71.6 cm³/mol. The van der Waals surface area contributed by atoms with Crippen molar-refractivity contribution in [1.82, 2.24) is 15.3 Å². The molecule has 0 saturated carbocycles. The number of para-hydroxylation sites is 1. The van der Waals surface area contributed by atoms with Crippen LogP contribution in [0.2, 0.25) is 0 Å². The molecule has 0 atom stereocenters. The van der Waals surface area contributed by atoms with Crippen LogP contribution in [0.4, 0.5) is 0 Å². The van der Waals surface area contributed by atoms with Crippen molar-refractivity contribution in [3.05, 3.63) is 36.3 Å². The molecule has 7 heteroatoms. The molecule has 0 bridgehead atoms. The number of fused-ring (bicyclic) bond motifs is 1. The molecule has 0 unspecified atom stereocenters. The van der Waals surface area contributed by atoms with Crippen LogP contribution in [0, 0.1) is 0 Å². The van der Waals surface area contributed by atoms with Crippen LogP contribution in [-0.4, -0.2) is 42.8 Å². The zero-order valence-electron chi connectivity index (χ0n) is 10.3. The summed E-state index contributed by atoms with van der Waals surface area (Å²) in [6.45, 7) is 0.0825. The smallest absolute Gasteiger partial charge is 0.253 e. The highest BCUT2D eigenvalue weighted by Crippen LogP contribution is 2.14. The summed E-state index contributed by atoms with van der Waals surface area (Å²) in [4.78, 5) is 19.9. The Morgan fingerprint density at radius 3 is 2.89 bits per heavy atom. The molecule has 1 aromatic heterocycles. The Balaban J connectivity index is 2.18. The molecular weight excluding hydrogens is 266 g/mol. The van der Waals surface area contributed by atoms with Gasteiger partial charge in [0, 0.05) is 24.4 Å². The van der Waals surface area contributed by atoms with Crippen LogP contribution in [0.5, 0.6) is 0 Å². The maximum atomic E-state index is 12.0. The Hall–Kier alpha value is -2.02. The monoisotopic (exact) mass is 279 g/mol. The highest BCUT2D eigenvalue weighted by molar-refractivity contribution is 7.90. The molecule has 1 aromatic carbocycles. The maximum absolute atomic E-state index is 12.0. The van der Waals surface area contributed by atoms with Gasteiger partial charge in [-0.3, -0.25) is 4.79 Å². The number of amides is 1. The van der Waals surface area contributed by atoms with Gasteiger partial charge in [-0.05, 0) is 6.07 Å². The Morgan fingerprint density at radius 1 is 1.37 bits per heavy atom. The van der Waals surface area contributed by atoms with Crippen molar-refractivity contribution in [2.45, 2.75) is 0 Å². The fourth-order valence-corrected chi connectivity index (χ4v) is 2.12. The molecule has 0 spiro atoms. The highest BCUT2D eigenvalue weighted by Gasteiger charge is 2.11. The molecule has 1 N–H and O–H groups in total. The number of nitrogens with zero attached hydrogens (tertiary/aromatic N) is 2. The molecule has 1 heterocycles. The summed E-state index contributed by atoms with van der Waals surface area (Å²) in [5, 5.41) is 3.33. The van der Waals surface area contributed by atoms with Crippen molar-refractivity contribution >= 4 is 26.6 Å². The van der Waals surface area contributed by atoms with Crippen molar-refractivity contribution in [2.75, 3.05) is 18.6 Å². The van der Waals surface area contributed by atoms with Crippen LogP contribution in [0.1, 0.15) is 10.4 Å². The van der Waals surface area contributed by atoms with E-state index in [0.29, 0.717) is 11.1 Å². The lowest BCUT2D eigenvalue weighted by Gasteiger charge is -2.06. The third-order valence-corrected chi connectivity index (χ3v) is 3.48. The van der Waals surface area contributed by atoms with Crippen molar-refractivity contribution < 1.29 is 13.2 Å². The van der Waals surface area contributed by atoms with Crippen molar-refractivity contribution in [1.29, 1.82) is 0 Å². The first kappa shape index (κ1) is 13.4. The number of hydrogen-bond acceptors (Lipinski definition) is 5. The van der Waals surface area contributed by atoms with Crippen molar-refractivity contribution in [2.24, 2.45) is 0 Å². The van der Waals surface area contributed by atoms with Crippen LogP contribution in [0.15, 0.2) is 30.7 Å². The normalized spacial score (nSPS) is 11.4. The third-order valence-electron chi connectivity index (χ3n) is 2.54. The van der Waals surface area contributed by atoms with Gasteiger partial charge in [0.05, 0.1) is 16.8 Å². The first-order chi connectivity index (χ1) is 8.97. The van der Waals surface area contributed by atoms with E-state index in [-0.39, 0.29) is 18.2 Å². The number of rotatable bonds is 4. The summed E-state index contributed by atoms with van der Waals surface area (Å²) >= 11 is 0. The van der Waals surface area contributed by atoms with E-state index in [1.807, 2.05) is 6.07 Å². The summed E-state index contributed by atoms with van der Waals surface area (Å²) in [6, 6.07) is 5.19. The van der Waals surface area contributed by atoms with Crippen LogP contribution in [0.3, 0.4) is 0 Å². The number of nitrogens with one attached hydrogen (secondary N) is 1. The van der Waals surface area contributed by atoms with E-state index >= 15 is 0 Å². The summed E-state index contributed by atoms with van der Waals surface area (Å²) in [5.74, 6) is -0.425. The SMILES string of the molecule is CS(=O)(=O)CCNC(=O)c1cccc2cncnc12. The first-order valence-electron chi connectivity index (χ1n) is 5.62. The second-order valence-corrected chi connectivity index (χ2v) is 6.41. The molecule has 0 radical (unpaired) electrons. The van der Waals surface area contributed by atoms with Gasteiger partial charge < -0.3 is 5.32 Å². The van der Waals surface area contributed by atoms with Gasteiger partial charge in [0.1, 0.15) is 16.2 Å². The van der Waals surface area contributed by atoms with Crippen LogP contribution >= 0.6 is 0 Å². The van der Waals surface area contributed by atoms with Gasteiger partial charge in [0.15, 0.2) is 0 Å². The number of carbonyl (C=O) groups excluding carboxylic acids is 1. The van der Waals surface area contributed by atoms with Crippen molar-refractivity contribution in [3.8, 4) is 0 Å². The highest BCUT2D eigenvalue weighted by atomic mass is 32.2. The van der Waals surface area contributed by atoms with Gasteiger partial charge in [-0.2, -0.15) is 0 Å². The topological polar surface area (TPSA) is 89.0 Å². The molecule has 2 rings (SSSR count). The number of carbonyl (C=O) groups is 1. The van der Waals surface area contributed by atoms with E-state index < -0.39 is 9.84 Å². The lowest BCUT2D eigenvalue weighted by Crippen LogP contribution is -2.29. The van der Waals surface area contributed by atoms with Crippen molar-refractivity contribution in [3.63, 3.8) is 0 Å². The molecule has 2 aromatic rings. The fourth-order valence-electron chi connectivity index (χ4n) is 1.64. The summed E-state index contributed by atoms with van der Waals surface area (Å²) in [6.07, 6.45) is 4.12. The zero-order chi connectivity index (χ0) is 13.9. The quantitative estimate of drug-likeness (QED) is 0.875.